The first-order chi connectivity index (χ1) is 6.22. The fourth-order valence-corrected chi connectivity index (χ4v) is 1.92. The lowest BCUT2D eigenvalue weighted by atomic mass is 10.0. The van der Waals surface area contributed by atoms with Gasteiger partial charge in [0.05, 0.1) is 0 Å². The summed E-state index contributed by atoms with van der Waals surface area (Å²) in [5.41, 5.74) is 0. The van der Waals surface area contributed by atoms with Crippen molar-refractivity contribution in [2.45, 2.75) is 39.2 Å². The Morgan fingerprint density at radius 2 is 2.00 bits per heavy atom. The van der Waals surface area contributed by atoms with E-state index >= 15 is 0 Å². The smallest absolute Gasteiger partial charge is 0.0245 e. The first-order valence-corrected chi connectivity index (χ1v) is 5.68. The predicted molar refractivity (Wildman–Crippen MR) is 57.9 cm³/mol. The Morgan fingerprint density at radius 3 is 2.46 bits per heavy atom. The minimum absolute atomic E-state index is 0.539. The first-order valence-electron chi connectivity index (χ1n) is 5.31. The Balaban J connectivity index is 2.10. The molecule has 0 aromatic carbocycles. The summed E-state index contributed by atoms with van der Waals surface area (Å²) in [7, 11) is 0. The summed E-state index contributed by atoms with van der Waals surface area (Å²) < 4.78 is 0. The number of nitrogens with zero attached hydrogens (tertiary/aromatic N) is 1. The van der Waals surface area contributed by atoms with Crippen LogP contribution >= 0.6 is 11.8 Å². The molecule has 0 radical (unpaired) electrons. The molecule has 0 bridgehead atoms. The summed E-state index contributed by atoms with van der Waals surface area (Å²) >= 11 is 5.59. The zero-order chi connectivity index (χ0) is 9.68. The molecule has 1 saturated heterocycles. The highest BCUT2D eigenvalue weighted by atomic mass is 35.5. The third kappa shape index (κ3) is 4.30. The topological polar surface area (TPSA) is 15.3 Å². The van der Waals surface area contributed by atoms with Gasteiger partial charge in [-0.2, -0.15) is 0 Å². The Labute approximate surface area is 86.7 Å². The van der Waals surface area contributed by atoms with Crippen molar-refractivity contribution < 1.29 is 0 Å². The Bertz CT molecular complexity index is 131. The van der Waals surface area contributed by atoms with Crippen molar-refractivity contribution in [1.82, 2.24) is 9.74 Å². The van der Waals surface area contributed by atoms with Crippen LogP contribution in [0.1, 0.15) is 33.1 Å². The third-order valence-electron chi connectivity index (χ3n) is 2.76. The van der Waals surface area contributed by atoms with Gasteiger partial charge >= 0.3 is 0 Å². The predicted octanol–water partition coefficient (Wildman–Crippen LogP) is 2.24. The van der Waals surface area contributed by atoms with Crippen molar-refractivity contribution in [3.63, 3.8) is 0 Å². The highest BCUT2D eigenvalue weighted by molar-refractivity contribution is 6.13. The standard InChI is InChI=1S/C10H21ClN2/c1-9(2)3-6-13-7-4-10(12-11)5-8-13/h9-10,12H,3-8H2,1-2H3. The molecule has 0 spiro atoms. The van der Waals surface area contributed by atoms with E-state index in [1.165, 1.54) is 38.9 Å². The fraction of sp³-hybridized carbons (Fsp3) is 1.00. The summed E-state index contributed by atoms with van der Waals surface area (Å²) in [6.45, 7) is 8.24. The molecule has 2 nitrogen and oxygen atoms in total. The van der Waals surface area contributed by atoms with Crippen molar-refractivity contribution in [2.75, 3.05) is 19.6 Å². The van der Waals surface area contributed by atoms with Crippen LogP contribution in [0, 0.1) is 5.92 Å². The Kier molecular flexibility index (Phi) is 5.07. The average Bonchev–Trinajstić information content (AvgIpc) is 2.15. The van der Waals surface area contributed by atoms with Crippen molar-refractivity contribution >= 4 is 11.8 Å². The summed E-state index contributed by atoms with van der Waals surface area (Å²) in [6.07, 6.45) is 3.71. The largest absolute Gasteiger partial charge is 0.303 e. The number of rotatable bonds is 4. The number of piperidine rings is 1. The lowest BCUT2D eigenvalue weighted by molar-refractivity contribution is 0.198. The van der Waals surface area contributed by atoms with E-state index in [-0.39, 0.29) is 0 Å². The molecule has 1 fully saturated rings. The summed E-state index contributed by atoms with van der Waals surface area (Å²) in [5.74, 6) is 0.823. The second-order valence-electron chi connectivity index (χ2n) is 4.41. The second kappa shape index (κ2) is 5.84. The Hall–Kier alpha value is 0.210. The van der Waals surface area contributed by atoms with E-state index in [9.17, 15) is 0 Å². The van der Waals surface area contributed by atoms with Crippen molar-refractivity contribution in [1.29, 1.82) is 0 Å². The molecule has 0 aliphatic carbocycles. The molecule has 0 saturated carbocycles. The molecule has 0 amide bonds. The van der Waals surface area contributed by atoms with Gasteiger partial charge in [0.1, 0.15) is 0 Å². The van der Waals surface area contributed by atoms with Crippen LogP contribution < -0.4 is 4.84 Å². The van der Waals surface area contributed by atoms with Gasteiger partial charge in [-0.05, 0) is 56.6 Å². The number of likely N-dealkylation sites (tertiary alicyclic amines) is 1. The molecule has 0 atom stereocenters. The summed E-state index contributed by atoms with van der Waals surface area (Å²) in [5, 5.41) is 0. The van der Waals surface area contributed by atoms with Crippen molar-refractivity contribution in [2.24, 2.45) is 5.92 Å². The monoisotopic (exact) mass is 204 g/mol. The molecule has 1 N–H and O–H groups in total. The highest BCUT2D eigenvalue weighted by Gasteiger charge is 2.17. The molecule has 0 aromatic rings. The van der Waals surface area contributed by atoms with Crippen LogP contribution in [0.25, 0.3) is 0 Å². The minimum atomic E-state index is 0.539. The highest BCUT2D eigenvalue weighted by Crippen LogP contribution is 2.12. The molecule has 78 valence electrons. The van der Waals surface area contributed by atoms with Crippen LogP contribution in [-0.4, -0.2) is 30.6 Å². The van der Waals surface area contributed by atoms with E-state index < -0.39 is 0 Å². The maximum atomic E-state index is 5.59. The van der Waals surface area contributed by atoms with E-state index in [1.54, 1.807) is 0 Å². The van der Waals surface area contributed by atoms with Gasteiger partial charge < -0.3 is 4.90 Å². The van der Waals surface area contributed by atoms with Gasteiger partial charge in [-0.15, -0.1) is 0 Å². The molecule has 1 rings (SSSR count). The van der Waals surface area contributed by atoms with Gasteiger partial charge in [0.15, 0.2) is 0 Å². The van der Waals surface area contributed by atoms with Crippen LogP contribution in [0.3, 0.4) is 0 Å². The molecule has 0 unspecified atom stereocenters. The molecule has 1 aliphatic heterocycles. The molecular formula is C10H21ClN2. The lowest BCUT2D eigenvalue weighted by Gasteiger charge is -2.31. The van der Waals surface area contributed by atoms with Crippen LogP contribution in [0.15, 0.2) is 0 Å². The van der Waals surface area contributed by atoms with Gasteiger partial charge in [-0.3, -0.25) is 0 Å². The normalized spacial score (nSPS) is 21.2. The van der Waals surface area contributed by atoms with Crippen LogP contribution in [0.2, 0.25) is 0 Å². The van der Waals surface area contributed by atoms with Crippen LogP contribution in [0.5, 0.6) is 0 Å². The molecule has 1 heterocycles. The van der Waals surface area contributed by atoms with Crippen molar-refractivity contribution in [3.8, 4) is 0 Å². The van der Waals surface area contributed by atoms with E-state index in [0.29, 0.717) is 6.04 Å². The lowest BCUT2D eigenvalue weighted by Crippen LogP contribution is -2.40. The van der Waals surface area contributed by atoms with E-state index in [1.807, 2.05) is 0 Å². The second-order valence-corrected chi connectivity index (χ2v) is 4.63. The van der Waals surface area contributed by atoms with Crippen LogP contribution in [-0.2, 0) is 0 Å². The number of hydrogen-bond acceptors (Lipinski definition) is 2. The first kappa shape index (κ1) is 11.3. The summed E-state index contributed by atoms with van der Waals surface area (Å²) in [4.78, 5) is 5.38. The molecule has 0 aromatic heterocycles. The maximum Gasteiger partial charge on any atom is 0.0245 e. The molecule has 13 heavy (non-hydrogen) atoms. The van der Waals surface area contributed by atoms with E-state index in [4.69, 9.17) is 11.8 Å². The Morgan fingerprint density at radius 1 is 1.38 bits per heavy atom. The van der Waals surface area contributed by atoms with Crippen LogP contribution in [0.4, 0.5) is 0 Å². The van der Waals surface area contributed by atoms with Gasteiger partial charge in [0, 0.05) is 6.04 Å². The third-order valence-corrected chi connectivity index (χ3v) is 3.07. The van der Waals surface area contributed by atoms with E-state index in [0.717, 1.165) is 5.92 Å². The zero-order valence-electron chi connectivity index (χ0n) is 8.72. The molecular weight excluding hydrogens is 184 g/mol. The fourth-order valence-electron chi connectivity index (χ4n) is 1.71. The SMILES string of the molecule is CC(C)CCN1CCC(NCl)CC1. The molecule has 3 heteroatoms. The van der Waals surface area contributed by atoms with Gasteiger partial charge in [0.25, 0.3) is 0 Å². The van der Waals surface area contributed by atoms with Crippen molar-refractivity contribution in [3.05, 3.63) is 0 Å². The van der Waals surface area contributed by atoms with Gasteiger partial charge in [0.2, 0.25) is 0 Å². The zero-order valence-corrected chi connectivity index (χ0v) is 9.48. The quantitative estimate of drug-likeness (QED) is 0.707. The average molecular weight is 205 g/mol. The minimum Gasteiger partial charge on any atom is -0.303 e. The number of hydrogen-bond donors (Lipinski definition) is 1. The van der Waals surface area contributed by atoms with E-state index in [2.05, 4.69) is 23.6 Å². The number of nitrogens with one attached hydrogen (secondary N) is 1. The molecule has 1 aliphatic rings. The van der Waals surface area contributed by atoms with Gasteiger partial charge in [-0.1, -0.05) is 13.8 Å². The number of halogens is 1. The summed E-state index contributed by atoms with van der Waals surface area (Å²) in [6, 6.07) is 0.539. The van der Waals surface area contributed by atoms with Gasteiger partial charge in [-0.25, -0.2) is 4.84 Å². The maximum absolute atomic E-state index is 5.59.